The van der Waals surface area contributed by atoms with Crippen LogP contribution >= 0.6 is 91.2 Å². The average Bonchev–Trinajstić information content (AvgIpc) is 1.56. The summed E-state index contributed by atoms with van der Waals surface area (Å²) in [4.78, 5) is 10.4. The normalized spacial score (nSPS) is 12.6. The van der Waals surface area contributed by atoms with Crippen molar-refractivity contribution < 1.29 is 18.3 Å². The molecule has 106 heavy (non-hydrogen) atoms. The maximum absolute atomic E-state index is 17.2. The van der Waals surface area contributed by atoms with Gasteiger partial charge in [-0.3, -0.25) is 0 Å². The summed E-state index contributed by atoms with van der Waals surface area (Å²) in [6, 6.07) is 20.0. The number of fused-ring (bicyclic) bond motifs is 4. The first-order valence-electron chi connectivity index (χ1n) is 39.8. The van der Waals surface area contributed by atoms with Gasteiger partial charge in [0, 0.05) is 0 Å². The molecule has 8 aromatic heterocycles. The zero-order chi connectivity index (χ0) is 74.4. The molecule has 0 saturated heterocycles. The number of hydrogen-bond acceptors (Lipinski definition) is 12. The molecule has 0 amide bonds. The number of hydrogen-bond donors (Lipinski definition) is 0. The topological polar surface area (TPSA) is 70.0 Å². The molecule has 0 N–H and O–H groups in total. The predicted octanol–water partition coefficient (Wildman–Crippen LogP) is 31.0. The van der Waals surface area contributed by atoms with E-state index in [9.17, 15) is 0 Å². The monoisotopic (exact) mass is 1710 g/mol. The number of aryl methyl sites for hydroxylation is 2. The van der Waals surface area contributed by atoms with Crippen LogP contribution in [0, 0.1) is 51.2 Å². The molecule has 2 atom stereocenters. The van der Waals surface area contributed by atoms with Crippen molar-refractivity contribution in [2.45, 2.75) is 262 Å². The number of nitrogens with zero attached hydrogens (tertiary/aromatic N) is 4. The Labute approximate surface area is 676 Å². The molecule has 18 heteroatoms. The Morgan fingerprint density at radius 1 is 0.377 bits per heavy atom. The first-order valence-corrected chi connectivity index (χ1v) is 48.5. The summed E-state index contributed by atoms with van der Waals surface area (Å²) in [5, 5.41) is 4.17. The van der Waals surface area contributed by atoms with Crippen molar-refractivity contribution in [1.29, 1.82) is 0 Å². The molecule has 4 aromatic carbocycles. The van der Waals surface area contributed by atoms with Crippen LogP contribution in [0.3, 0.4) is 0 Å². The maximum atomic E-state index is 17.2. The number of halogens is 4. The number of unbranched alkanes of at least 4 members (excludes halogenated alkanes) is 20. The molecule has 0 aliphatic rings. The van der Waals surface area contributed by atoms with Gasteiger partial charge in [0.25, 0.3) is 0 Å². The second kappa shape index (κ2) is 39.4. The second-order valence-electron chi connectivity index (χ2n) is 29.5. The van der Waals surface area contributed by atoms with Gasteiger partial charge >= 0.3 is 538 Å². The quantitative estimate of drug-likeness (QED) is 0.0280. The fourth-order valence-electron chi connectivity index (χ4n) is 15.5. The van der Waals surface area contributed by atoms with E-state index in [0.717, 1.165) is 143 Å². The Hall–Kier alpha value is -4.12. The van der Waals surface area contributed by atoms with E-state index in [2.05, 4.69) is 93.5 Å². The van der Waals surface area contributed by atoms with E-state index in [1.165, 1.54) is 232 Å². The summed E-state index contributed by atoms with van der Waals surface area (Å²) in [6.45, 7) is 23.6. The molecule has 8 heterocycles. The molecule has 0 spiro atoms. The number of rotatable bonds is 43. The zero-order valence-corrected chi connectivity index (χ0v) is 73.8. The van der Waals surface area contributed by atoms with Crippen molar-refractivity contribution in [1.82, 2.24) is 15.9 Å². The first-order chi connectivity index (χ1) is 51.7. The van der Waals surface area contributed by atoms with Gasteiger partial charge < -0.3 is 0 Å². The molecule has 2 unspecified atom stereocenters. The van der Waals surface area contributed by atoms with Crippen LogP contribution in [0.2, 0.25) is 10.0 Å². The third-order valence-electron chi connectivity index (χ3n) is 21.7. The van der Waals surface area contributed by atoms with Crippen LogP contribution in [0.15, 0.2) is 60.7 Å². The van der Waals surface area contributed by atoms with Gasteiger partial charge in [-0.25, -0.2) is 0 Å². The van der Waals surface area contributed by atoms with Crippen LogP contribution in [0.4, 0.5) is 8.78 Å². The minimum atomic E-state index is -0.488. The third kappa shape index (κ3) is 18.8. The van der Waals surface area contributed by atoms with E-state index in [1.54, 1.807) is 0 Å². The number of benzene rings is 4. The number of ether oxygens (including phenoxy) is 2. The molecule has 0 fully saturated rings. The molecule has 6 nitrogen and oxygen atoms in total. The van der Waals surface area contributed by atoms with Crippen LogP contribution in [0.5, 0.6) is 11.5 Å². The van der Waals surface area contributed by atoms with Crippen LogP contribution in [-0.2, 0) is 12.8 Å². The second-order valence-corrected chi connectivity index (χ2v) is 39.3. The van der Waals surface area contributed by atoms with E-state index in [1.807, 2.05) is 69.6 Å². The molecule has 0 radical (unpaired) electrons. The van der Waals surface area contributed by atoms with Crippen molar-refractivity contribution in [2.24, 2.45) is 11.8 Å². The molecule has 0 saturated carbocycles. The van der Waals surface area contributed by atoms with E-state index in [0.29, 0.717) is 34.8 Å². The molecule has 0 aliphatic heterocycles. The van der Waals surface area contributed by atoms with E-state index < -0.39 is 26.6 Å². The van der Waals surface area contributed by atoms with E-state index >= 15 is 8.78 Å². The molecule has 0 bridgehead atoms. The van der Waals surface area contributed by atoms with Crippen molar-refractivity contribution in [3.8, 4) is 84.6 Å². The van der Waals surface area contributed by atoms with Crippen LogP contribution in [0.25, 0.3) is 115 Å². The molecule has 566 valence electrons. The Morgan fingerprint density at radius 3 is 1.25 bits per heavy atom. The summed E-state index contributed by atoms with van der Waals surface area (Å²) >= 11 is 24.5. The first kappa shape index (κ1) is 81.4. The zero-order valence-electron chi connectivity index (χ0n) is 63.9. The van der Waals surface area contributed by atoms with Gasteiger partial charge in [-0.2, -0.15) is 0 Å². The molecular weight excluding hydrogens is 1600 g/mol. The summed E-state index contributed by atoms with van der Waals surface area (Å²) in [5.74, 6) is 1.81. The Kier molecular flexibility index (Phi) is 30.2. The van der Waals surface area contributed by atoms with Crippen molar-refractivity contribution >= 4 is 163 Å². The molecule has 12 rings (SSSR count). The Morgan fingerprint density at radius 2 is 0.764 bits per heavy atom. The predicted molar refractivity (Wildman–Crippen MR) is 464 cm³/mol. The average molecular weight is 1710 g/mol. The van der Waals surface area contributed by atoms with Gasteiger partial charge in [-0.05, 0) is 0 Å². The van der Waals surface area contributed by atoms with Gasteiger partial charge in [0.1, 0.15) is 0 Å². The van der Waals surface area contributed by atoms with Crippen molar-refractivity contribution in [3.05, 3.63) is 114 Å². The summed E-state index contributed by atoms with van der Waals surface area (Å²) in [7, 11) is 0. The van der Waals surface area contributed by atoms with Gasteiger partial charge in [-0.15, -0.1) is 0 Å². The fourth-order valence-corrected chi connectivity index (χ4v) is 25.9. The summed E-state index contributed by atoms with van der Waals surface area (Å²) in [5.41, 5.74) is 12.2. The van der Waals surface area contributed by atoms with Crippen LogP contribution in [0.1, 0.15) is 253 Å². The Bertz CT molecular complexity index is 4780. The van der Waals surface area contributed by atoms with Gasteiger partial charge in [-0.1, -0.05) is 144 Å². The van der Waals surface area contributed by atoms with E-state index in [4.69, 9.17) is 48.6 Å². The molecular formula is C88H106Cl2F2N4O2S6Se2. The van der Waals surface area contributed by atoms with Crippen LogP contribution in [-0.4, -0.2) is 59.1 Å². The van der Waals surface area contributed by atoms with E-state index in [-0.39, 0.29) is 26.1 Å². The van der Waals surface area contributed by atoms with Crippen molar-refractivity contribution in [3.63, 3.8) is 0 Å². The Balaban J connectivity index is 0.904. The van der Waals surface area contributed by atoms with Crippen LogP contribution < -0.4 is 9.47 Å². The SMILES string of the molecule is CCCCCCCCCCCCOc1c(C)c(-c2ccc(-c3cc(F)c(-c4ccc(-c5c(OCCCCCCCCCCCC)c(C)c(-c6cc7c(-c8cc(Cl)c(CC(CC)CCCC)s8)c8sc(C)cc8c(-c8cc(Cl)c(CC(CC)CCCC)s8)c7s6)c6n[se]nc56)s4)cc3F)s2)c2n[se]nc2c1C. The number of aromatic nitrogens is 4. The standard InChI is InChI=1S/C88H106Cl2F2N4O2S6Se2/c1-11-17-21-23-25-27-29-31-33-35-43-97-85-54(8)76(82-81(56(85)10)93-105-94-82)69-41-39-67(100-69)59-48-66(92)60(49-65(59)91)68-40-42-70(101-68)80-84-83(95-106-96-84)77(55(9)86(80)98-44-36-34-32-30-28-26-24-22-18-12-2)73-50-62-79(75-52-64(90)72(103-75)47-58(16-6)38-20-14-4)87-61(45-53(7)99-87)78(88(62)104-73)74-51-63(89)71(102-74)46-57(15-5)37-19-13-3/h39-42,45,48-52,57-58H,11-38,43-44,46-47H2,1-10H3. The molecule has 0 aliphatic carbocycles. The van der Waals surface area contributed by atoms with Gasteiger partial charge in [0.2, 0.25) is 0 Å². The van der Waals surface area contributed by atoms with Gasteiger partial charge in [0.15, 0.2) is 0 Å². The molecule has 12 aromatic rings. The van der Waals surface area contributed by atoms with Crippen molar-refractivity contribution in [2.75, 3.05) is 13.2 Å². The minimum absolute atomic E-state index is 0.214. The summed E-state index contributed by atoms with van der Waals surface area (Å²) < 4.78 is 71.2. The van der Waals surface area contributed by atoms with Gasteiger partial charge in [0.05, 0.1) is 0 Å². The number of thiophene rings is 6. The third-order valence-corrected chi connectivity index (χ3v) is 31.7. The fraction of sp³-hybridized carbons (Fsp3) is 0.500. The summed E-state index contributed by atoms with van der Waals surface area (Å²) in [6.07, 6.45) is 36.2.